The standard InChI is InChI=1S/C19H25F3N2/c1-2-10-24-11-8-17(9-12-24)23-18(14-6-7-14)15-4-3-5-16(13-15)19(20,21)22/h2-5,13-14,17-18,23H,1,6-12H2/t18-/m1/s1. The van der Waals surface area contributed by atoms with E-state index in [0.29, 0.717) is 12.0 Å². The van der Waals surface area contributed by atoms with Crippen molar-refractivity contribution in [3.63, 3.8) is 0 Å². The third-order valence-electron chi connectivity index (χ3n) is 5.06. The van der Waals surface area contributed by atoms with Crippen molar-refractivity contribution in [1.29, 1.82) is 0 Å². The number of alkyl halides is 3. The number of nitrogens with one attached hydrogen (secondary N) is 1. The van der Waals surface area contributed by atoms with Gasteiger partial charge in [0.15, 0.2) is 0 Å². The molecule has 1 aliphatic carbocycles. The van der Waals surface area contributed by atoms with Crippen LogP contribution in [-0.4, -0.2) is 30.6 Å². The van der Waals surface area contributed by atoms with Crippen LogP contribution in [0.3, 0.4) is 0 Å². The van der Waals surface area contributed by atoms with Crippen LogP contribution in [0.5, 0.6) is 0 Å². The van der Waals surface area contributed by atoms with Crippen molar-refractivity contribution in [3.8, 4) is 0 Å². The molecule has 3 rings (SSSR count). The van der Waals surface area contributed by atoms with Gasteiger partial charge >= 0.3 is 6.18 Å². The van der Waals surface area contributed by atoms with E-state index in [4.69, 9.17) is 0 Å². The molecule has 2 nitrogen and oxygen atoms in total. The fourth-order valence-electron chi connectivity index (χ4n) is 3.56. The van der Waals surface area contributed by atoms with Gasteiger partial charge in [0.05, 0.1) is 5.56 Å². The lowest BCUT2D eigenvalue weighted by Gasteiger charge is -2.34. The summed E-state index contributed by atoms with van der Waals surface area (Å²) in [4.78, 5) is 2.36. The van der Waals surface area contributed by atoms with Gasteiger partial charge in [0, 0.05) is 18.6 Å². The van der Waals surface area contributed by atoms with E-state index >= 15 is 0 Å². The highest BCUT2D eigenvalue weighted by atomic mass is 19.4. The highest BCUT2D eigenvalue weighted by Gasteiger charge is 2.36. The highest BCUT2D eigenvalue weighted by Crippen LogP contribution is 2.42. The van der Waals surface area contributed by atoms with Crippen LogP contribution < -0.4 is 5.32 Å². The Morgan fingerprint density at radius 3 is 2.50 bits per heavy atom. The lowest BCUT2D eigenvalue weighted by Crippen LogP contribution is -2.44. The number of hydrogen-bond donors (Lipinski definition) is 1. The molecule has 1 N–H and O–H groups in total. The summed E-state index contributed by atoms with van der Waals surface area (Å²) < 4.78 is 39.0. The summed E-state index contributed by atoms with van der Waals surface area (Å²) >= 11 is 0. The van der Waals surface area contributed by atoms with Gasteiger partial charge in [0.1, 0.15) is 0 Å². The van der Waals surface area contributed by atoms with Crippen molar-refractivity contribution >= 4 is 0 Å². The van der Waals surface area contributed by atoms with Crippen molar-refractivity contribution in [2.75, 3.05) is 19.6 Å². The Hall–Kier alpha value is -1.33. The minimum absolute atomic E-state index is 0.0447. The molecule has 0 unspecified atom stereocenters. The van der Waals surface area contributed by atoms with Gasteiger partial charge in [-0.2, -0.15) is 13.2 Å². The van der Waals surface area contributed by atoms with Crippen LogP contribution in [0.1, 0.15) is 42.9 Å². The number of rotatable bonds is 6. The first-order chi connectivity index (χ1) is 11.5. The number of hydrogen-bond acceptors (Lipinski definition) is 2. The van der Waals surface area contributed by atoms with E-state index in [1.54, 1.807) is 0 Å². The lowest BCUT2D eigenvalue weighted by molar-refractivity contribution is -0.137. The first kappa shape index (κ1) is 17.5. The predicted octanol–water partition coefficient (Wildman–Crippen LogP) is 4.40. The Morgan fingerprint density at radius 1 is 1.21 bits per heavy atom. The Morgan fingerprint density at radius 2 is 1.92 bits per heavy atom. The Kier molecular flexibility index (Phi) is 5.30. The van der Waals surface area contributed by atoms with Gasteiger partial charge in [-0.15, -0.1) is 6.58 Å². The van der Waals surface area contributed by atoms with Gasteiger partial charge in [0.25, 0.3) is 0 Å². The summed E-state index contributed by atoms with van der Waals surface area (Å²) in [6, 6.07) is 6.26. The van der Waals surface area contributed by atoms with E-state index in [1.165, 1.54) is 12.1 Å². The van der Waals surface area contributed by atoms with Crippen molar-refractivity contribution in [2.45, 2.75) is 43.9 Å². The molecule has 5 heteroatoms. The van der Waals surface area contributed by atoms with E-state index in [-0.39, 0.29) is 6.04 Å². The minimum Gasteiger partial charge on any atom is -0.307 e. The second kappa shape index (κ2) is 7.28. The number of nitrogens with zero attached hydrogens (tertiary/aromatic N) is 1. The van der Waals surface area contributed by atoms with E-state index in [2.05, 4.69) is 16.8 Å². The summed E-state index contributed by atoms with van der Waals surface area (Å²) in [6.07, 6.45) is 1.92. The highest BCUT2D eigenvalue weighted by molar-refractivity contribution is 5.29. The van der Waals surface area contributed by atoms with Gasteiger partial charge in [-0.25, -0.2) is 0 Å². The molecule has 1 aromatic carbocycles. The summed E-state index contributed by atoms with van der Waals surface area (Å²) in [5.41, 5.74) is 0.231. The molecule has 0 aromatic heterocycles. The first-order valence-electron chi connectivity index (χ1n) is 8.74. The van der Waals surface area contributed by atoms with Crippen LogP contribution in [0.15, 0.2) is 36.9 Å². The molecule has 2 aliphatic rings. The fourth-order valence-corrected chi connectivity index (χ4v) is 3.56. The molecule has 24 heavy (non-hydrogen) atoms. The van der Waals surface area contributed by atoms with Gasteiger partial charge in [-0.1, -0.05) is 18.2 Å². The Bertz CT molecular complexity index is 558. The topological polar surface area (TPSA) is 15.3 Å². The van der Waals surface area contributed by atoms with Crippen LogP contribution in [0.25, 0.3) is 0 Å². The van der Waals surface area contributed by atoms with Crippen LogP contribution >= 0.6 is 0 Å². The predicted molar refractivity (Wildman–Crippen MR) is 89.7 cm³/mol. The minimum atomic E-state index is -4.28. The first-order valence-corrected chi connectivity index (χ1v) is 8.74. The molecule has 0 spiro atoms. The molecule has 0 radical (unpaired) electrons. The van der Waals surface area contributed by atoms with E-state index in [0.717, 1.165) is 56.9 Å². The average Bonchev–Trinajstić information content (AvgIpc) is 3.38. The zero-order valence-electron chi connectivity index (χ0n) is 13.9. The molecule has 1 aliphatic heterocycles. The third-order valence-corrected chi connectivity index (χ3v) is 5.06. The van der Waals surface area contributed by atoms with Crippen molar-refractivity contribution in [2.24, 2.45) is 5.92 Å². The summed E-state index contributed by atoms with van der Waals surface area (Å²) in [7, 11) is 0. The molecule has 1 heterocycles. The second-order valence-electron chi connectivity index (χ2n) is 6.97. The Labute approximate surface area is 141 Å². The quantitative estimate of drug-likeness (QED) is 0.774. The van der Waals surface area contributed by atoms with Gasteiger partial charge < -0.3 is 5.32 Å². The largest absolute Gasteiger partial charge is 0.416 e. The van der Waals surface area contributed by atoms with Crippen LogP contribution in [0.4, 0.5) is 13.2 Å². The number of halogens is 3. The monoisotopic (exact) mass is 338 g/mol. The summed E-state index contributed by atoms with van der Waals surface area (Å²) in [5, 5.41) is 3.66. The van der Waals surface area contributed by atoms with Crippen molar-refractivity contribution in [3.05, 3.63) is 48.0 Å². The SMILES string of the molecule is C=CCN1CCC(N[C@@H](c2cccc(C(F)(F)F)c2)C2CC2)CC1. The molecule has 1 aromatic rings. The molecule has 132 valence electrons. The summed E-state index contributed by atoms with van der Waals surface area (Å²) in [5.74, 6) is 0.472. The van der Waals surface area contributed by atoms with Gasteiger partial charge in [0.2, 0.25) is 0 Å². The van der Waals surface area contributed by atoms with Crippen LogP contribution in [-0.2, 0) is 6.18 Å². The maximum atomic E-state index is 13.0. The molecule has 0 amide bonds. The zero-order chi connectivity index (χ0) is 17.2. The second-order valence-corrected chi connectivity index (χ2v) is 6.97. The molecule has 1 atom stereocenters. The van der Waals surface area contributed by atoms with Crippen LogP contribution in [0, 0.1) is 5.92 Å². The Balaban J connectivity index is 1.67. The molecule has 1 saturated heterocycles. The third kappa shape index (κ3) is 4.39. The molecule has 0 bridgehead atoms. The van der Waals surface area contributed by atoms with E-state index in [9.17, 15) is 13.2 Å². The average molecular weight is 338 g/mol. The smallest absolute Gasteiger partial charge is 0.307 e. The van der Waals surface area contributed by atoms with Gasteiger partial charge in [-0.05, 0) is 62.4 Å². The fraction of sp³-hybridized carbons (Fsp3) is 0.579. The molecule has 1 saturated carbocycles. The zero-order valence-corrected chi connectivity index (χ0v) is 13.9. The van der Waals surface area contributed by atoms with E-state index in [1.807, 2.05) is 12.1 Å². The summed E-state index contributed by atoms with van der Waals surface area (Å²) in [6.45, 7) is 6.72. The van der Waals surface area contributed by atoms with Crippen molar-refractivity contribution < 1.29 is 13.2 Å². The maximum Gasteiger partial charge on any atom is 0.416 e. The molecular formula is C19H25F3N2. The number of benzene rings is 1. The van der Waals surface area contributed by atoms with Crippen LogP contribution in [0.2, 0.25) is 0 Å². The van der Waals surface area contributed by atoms with E-state index < -0.39 is 11.7 Å². The lowest BCUT2D eigenvalue weighted by atomic mass is 9.96. The van der Waals surface area contributed by atoms with Gasteiger partial charge in [-0.3, -0.25) is 4.90 Å². The maximum absolute atomic E-state index is 13.0. The normalized spacial score (nSPS) is 21.6. The molecule has 2 fully saturated rings. The number of piperidine rings is 1. The van der Waals surface area contributed by atoms with Crippen molar-refractivity contribution in [1.82, 2.24) is 10.2 Å². The molecular weight excluding hydrogens is 313 g/mol. The number of likely N-dealkylation sites (tertiary alicyclic amines) is 1.